The number of hydrogen-bond donors (Lipinski definition) is 0. The Morgan fingerprint density at radius 1 is 0.322 bits per heavy atom. The fourth-order valence-corrected chi connectivity index (χ4v) is 8.96. The maximum atomic E-state index is 5.38. The third kappa shape index (κ3) is 5.42. The molecule has 0 bridgehead atoms. The van der Waals surface area contributed by atoms with Gasteiger partial charge in [-0.1, -0.05) is 152 Å². The smallest absolute Gasteiger partial charge is 0.0972 e. The molecule has 0 fully saturated rings. The normalized spacial score (nSPS) is 11.7. The van der Waals surface area contributed by atoms with Crippen LogP contribution in [0.5, 0.6) is 0 Å². The quantitative estimate of drug-likeness (QED) is 0.165. The topological polar surface area (TPSA) is 43.6 Å². The molecule has 0 aliphatic heterocycles. The molecule has 0 unspecified atom stereocenters. The maximum Gasteiger partial charge on any atom is 0.0972 e. The highest BCUT2D eigenvalue weighted by Gasteiger charge is 2.20. The summed E-state index contributed by atoms with van der Waals surface area (Å²) in [5.41, 5.74) is 14.6. The molecule has 0 saturated heterocycles. The summed E-state index contributed by atoms with van der Waals surface area (Å²) in [6, 6.07) is 73.1. The Morgan fingerprint density at radius 3 is 1.66 bits per heavy atom. The van der Waals surface area contributed by atoms with Gasteiger partial charge in [0.05, 0.1) is 44.7 Å². The van der Waals surface area contributed by atoms with E-state index in [4.69, 9.17) is 15.0 Å². The number of para-hydroxylation sites is 2. The number of rotatable bonds is 5. The molecule has 0 aliphatic carbocycles. The van der Waals surface area contributed by atoms with E-state index in [9.17, 15) is 0 Å². The van der Waals surface area contributed by atoms with E-state index in [2.05, 4.69) is 205 Å². The minimum atomic E-state index is 0.902. The Balaban J connectivity index is 1.06. The summed E-state index contributed by atoms with van der Waals surface area (Å²) < 4.78 is 2.39. The average Bonchev–Trinajstić information content (AvgIpc) is 3.66. The summed E-state index contributed by atoms with van der Waals surface area (Å²) in [6.07, 6.45) is 0. The van der Waals surface area contributed by atoms with Gasteiger partial charge in [0.25, 0.3) is 0 Å². The molecule has 8 aromatic carbocycles. The van der Waals surface area contributed by atoms with Crippen molar-refractivity contribution in [3.05, 3.63) is 206 Å². The third-order valence-corrected chi connectivity index (χ3v) is 11.7. The lowest BCUT2D eigenvalue weighted by molar-refractivity contribution is 1.18. The zero-order valence-electron chi connectivity index (χ0n) is 31.9. The molecule has 0 aliphatic rings. The van der Waals surface area contributed by atoms with Gasteiger partial charge in [-0.05, 0) is 65.7 Å². The van der Waals surface area contributed by atoms with Crippen molar-refractivity contribution in [2.45, 2.75) is 0 Å². The maximum absolute atomic E-state index is 5.38. The third-order valence-electron chi connectivity index (χ3n) is 11.7. The Morgan fingerprint density at radius 2 is 0.915 bits per heavy atom. The molecule has 12 rings (SSSR count). The van der Waals surface area contributed by atoms with E-state index in [0.717, 1.165) is 88.7 Å². The Hall–Kier alpha value is -7.95. The van der Waals surface area contributed by atoms with Gasteiger partial charge >= 0.3 is 0 Å². The van der Waals surface area contributed by atoms with Gasteiger partial charge in [-0.25, -0.2) is 15.0 Å². The van der Waals surface area contributed by atoms with E-state index in [-0.39, 0.29) is 0 Å². The van der Waals surface area contributed by atoms with Crippen molar-refractivity contribution in [1.82, 2.24) is 19.5 Å². The monoisotopic (exact) mass is 750 g/mol. The fourth-order valence-electron chi connectivity index (χ4n) is 8.96. The van der Waals surface area contributed by atoms with E-state index in [0.29, 0.717) is 0 Å². The molecule has 0 spiro atoms. The summed E-state index contributed by atoms with van der Waals surface area (Å²) in [6.45, 7) is 0. The number of nitrogens with zero attached hydrogens (tertiary/aromatic N) is 4. The molecular formula is C55H34N4. The molecule has 0 saturated carbocycles. The Kier molecular flexibility index (Phi) is 7.50. The van der Waals surface area contributed by atoms with Crippen LogP contribution in [-0.4, -0.2) is 19.5 Å². The number of benzene rings is 8. The lowest BCUT2D eigenvalue weighted by Crippen LogP contribution is -1.94. The van der Waals surface area contributed by atoms with Crippen LogP contribution in [0.2, 0.25) is 0 Å². The largest absolute Gasteiger partial charge is 0.309 e. The molecule has 4 aromatic heterocycles. The van der Waals surface area contributed by atoms with Crippen molar-refractivity contribution in [1.29, 1.82) is 0 Å². The molecule has 59 heavy (non-hydrogen) atoms. The van der Waals surface area contributed by atoms with Crippen molar-refractivity contribution in [3.8, 4) is 50.6 Å². The molecule has 4 heteroatoms. The summed E-state index contributed by atoms with van der Waals surface area (Å²) in [5.74, 6) is 0. The highest BCUT2D eigenvalue weighted by Crippen LogP contribution is 2.43. The van der Waals surface area contributed by atoms with Crippen LogP contribution in [0.4, 0.5) is 0 Å². The summed E-state index contributed by atoms with van der Waals surface area (Å²) >= 11 is 0. The predicted molar refractivity (Wildman–Crippen MR) is 246 cm³/mol. The number of hydrogen-bond acceptors (Lipinski definition) is 3. The molecule has 274 valence electrons. The molecule has 0 atom stereocenters. The minimum absolute atomic E-state index is 0.902. The van der Waals surface area contributed by atoms with Crippen molar-refractivity contribution < 1.29 is 0 Å². The zero-order chi connectivity index (χ0) is 38.9. The molecule has 4 nitrogen and oxygen atoms in total. The van der Waals surface area contributed by atoms with Crippen LogP contribution in [0, 0.1) is 0 Å². The van der Waals surface area contributed by atoms with Crippen LogP contribution >= 0.6 is 0 Å². The van der Waals surface area contributed by atoms with Gasteiger partial charge in [0.1, 0.15) is 0 Å². The number of fused-ring (bicyclic) bond motifs is 10. The van der Waals surface area contributed by atoms with E-state index < -0.39 is 0 Å². The first-order valence-electron chi connectivity index (χ1n) is 20.0. The first kappa shape index (κ1) is 33.2. The molecule has 12 aromatic rings. The van der Waals surface area contributed by atoms with Crippen LogP contribution in [0.3, 0.4) is 0 Å². The lowest BCUT2D eigenvalue weighted by Gasteiger charge is -2.14. The van der Waals surface area contributed by atoms with Crippen LogP contribution < -0.4 is 0 Å². The van der Waals surface area contributed by atoms with E-state index >= 15 is 0 Å². The number of aromatic nitrogens is 4. The molecule has 4 heterocycles. The average molecular weight is 751 g/mol. The van der Waals surface area contributed by atoms with E-state index in [1.165, 1.54) is 27.2 Å². The predicted octanol–water partition coefficient (Wildman–Crippen LogP) is 14.2. The first-order chi connectivity index (χ1) is 29.2. The highest BCUT2D eigenvalue weighted by molar-refractivity contribution is 6.29. The summed E-state index contributed by atoms with van der Waals surface area (Å²) in [4.78, 5) is 15.8. The fraction of sp³-hybridized carbons (Fsp3) is 0. The van der Waals surface area contributed by atoms with Crippen molar-refractivity contribution >= 4 is 65.3 Å². The highest BCUT2D eigenvalue weighted by atomic mass is 15.0. The van der Waals surface area contributed by atoms with Crippen LogP contribution in [0.1, 0.15) is 0 Å². The van der Waals surface area contributed by atoms with Crippen LogP contribution in [0.15, 0.2) is 206 Å². The first-order valence-corrected chi connectivity index (χ1v) is 20.0. The second kappa shape index (κ2) is 13.3. The molecule has 0 N–H and O–H groups in total. The van der Waals surface area contributed by atoms with Crippen molar-refractivity contribution in [3.63, 3.8) is 0 Å². The van der Waals surface area contributed by atoms with Crippen molar-refractivity contribution in [2.75, 3.05) is 0 Å². The van der Waals surface area contributed by atoms with Crippen LogP contribution in [0.25, 0.3) is 116 Å². The second-order valence-corrected chi connectivity index (χ2v) is 15.2. The standard InChI is InChI=1S/C55H34N4/c1-4-13-35(14-5-1)46-29-25-37-23-24-38-26-30-47(57-55(38)54(37)56-46)41-18-12-17-39(33-41)40-27-31-48-45(34-40)51-44(53(58-48)36-15-6-2-7-16-36)28-32-50-52(51)43-21-10-11-22-49(43)59(50)42-19-8-3-9-20-42/h1-34H. The van der Waals surface area contributed by atoms with Gasteiger partial charge in [-0.15, -0.1) is 0 Å². The van der Waals surface area contributed by atoms with Gasteiger partial charge in [0.15, 0.2) is 0 Å². The number of pyridine rings is 3. The van der Waals surface area contributed by atoms with Crippen molar-refractivity contribution in [2.24, 2.45) is 0 Å². The molecule has 0 amide bonds. The zero-order valence-corrected chi connectivity index (χ0v) is 31.9. The van der Waals surface area contributed by atoms with Crippen LogP contribution in [-0.2, 0) is 0 Å². The molecular weight excluding hydrogens is 717 g/mol. The Bertz CT molecular complexity index is 3590. The van der Waals surface area contributed by atoms with Gasteiger partial charge in [0.2, 0.25) is 0 Å². The SMILES string of the molecule is c1ccc(-c2ccc3ccc4ccc(-c5cccc(-c6ccc7nc(-c8ccccc8)c8ccc9c(c%10ccccc%10n9-c9ccccc9)c8c7c6)c5)nc4c3n2)cc1. The van der Waals surface area contributed by atoms with Gasteiger partial charge in [-0.2, -0.15) is 0 Å². The summed E-state index contributed by atoms with van der Waals surface area (Å²) in [7, 11) is 0. The Labute approximate surface area is 340 Å². The summed E-state index contributed by atoms with van der Waals surface area (Å²) in [5, 5.41) is 8.06. The minimum Gasteiger partial charge on any atom is -0.309 e. The molecule has 0 radical (unpaired) electrons. The van der Waals surface area contributed by atoms with Gasteiger partial charge in [-0.3, -0.25) is 0 Å². The lowest BCUT2D eigenvalue weighted by atomic mass is 9.93. The second-order valence-electron chi connectivity index (χ2n) is 15.2. The van der Waals surface area contributed by atoms with Gasteiger partial charge in [0, 0.05) is 60.1 Å². The van der Waals surface area contributed by atoms with Gasteiger partial charge < -0.3 is 4.57 Å². The van der Waals surface area contributed by atoms with E-state index in [1.54, 1.807) is 0 Å². The van der Waals surface area contributed by atoms with E-state index in [1.807, 2.05) is 6.07 Å².